The van der Waals surface area contributed by atoms with E-state index in [1.54, 1.807) is 12.1 Å². The Morgan fingerprint density at radius 2 is 1.00 bits per heavy atom. The minimum absolute atomic E-state index is 0.0299. The van der Waals surface area contributed by atoms with Gasteiger partial charge in [0.2, 0.25) is 0 Å². The smallest absolute Gasteiger partial charge is 0.120 e. The topological polar surface area (TPSA) is 64.5 Å². The van der Waals surface area contributed by atoms with Gasteiger partial charge in [0.15, 0.2) is 0 Å². The van der Waals surface area contributed by atoms with Crippen molar-refractivity contribution in [2.45, 2.75) is 65.5 Å². The van der Waals surface area contributed by atoms with Crippen LogP contribution in [0.3, 0.4) is 0 Å². The summed E-state index contributed by atoms with van der Waals surface area (Å²) in [6.07, 6.45) is 0. The van der Waals surface area contributed by atoms with Crippen LogP contribution < -0.4 is 10.6 Å². The SMILES string of the molecule is CC(C)(C)c1ccc(O)c(CNc2cccc(NCc3cc(C(C)(C)C)ccc3O)c2)c1. The van der Waals surface area contributed by atoms with Crippen molar-refractivity contribution in [1.29, 1.82) is 0 Å². The number of nitrogens with one attached hydrogen (secondary N) is 2. The molecule has 4 heteroatoms. The van der Waals surface area contributed by atoms with Crippen LogP contribution in [0.5, 0.6) is 11.5 Å². The van der Waals surface area contributed by atoms with E-state index < -0.39 is 0 Å². The van der Waals surface area contributed by atoms with Gasteiger partial charge >= 0.3 is 0 Å². The largest absolute Gasteiger partial charge is 0.508 e. The van der Waals surface area contributed by atoms with Crippen molar-refractivity contribution in [2.24, 2.45) is 0 Å². The molecule has 0 fully saturated rings. The second-order valence-electron chi connectivity index (χ2n) is 10.5. The van der Waals surface area contributed by atoms with Crippen LogP contribution in [-0.2, 0) is 23.9 Å². The normalized spacial score (nSPS) is 11.9. The number of phenols is 2. The van der Waals surface area contributed by atoms with E-state index in [-0.39, 0.29) is 10.8 Å². The summed E-state index contributed by atoms with van der Waals surface area (Å²) in [7, 11) is 0. The fourth-order valence-corrected chi connectivity index (χ4v) is 3.52. The first-order chi connectivity index (χ1) is 14.9. The van der Waals surface area contributed by atoms with Crippen molar-refractivity contribution in [3.63, 3.8) is 0 Å². The Hall–Kier alpha value is -3.14. The zero-order chi connectivity index (χ0) is 23.5. The lowest BCUT2D eigenvalue weighted by atomic mass is 9.86. The summed E-state index contributed by atoms with van der Waals surface area (Å²) in [6, 6.07) is 19.7. The van der Waals surface area contributed by atoms with E-state index in [0.29, 0.717) is 24.6 Å². The molecule has 3 rings (SSSR count). The zero-order valence-electron chi connectivity index (χ0n) is 20.1. The van der Waals surface area contributed by atoms with Crippen molar-refractivity contribution in [2.75, 3.05) is 10.6 Å². The number of hydrogen-bond acceptors (Lipinski definition) is 4. The molecule has 170 valence electrons. The maximum absolute atomic E-state index is 10.3. The van der Waals surface area contributed by atoms with Gasteiger partial charge in [0.25, 0.3) is 0 Å². The first-order valence-corrected chi connectivity index (χ1v) is 11.2. The lowest BCUT2D eigenvalue weighted by Crippen LogP contribution is -2.12. The molecule has 4 N–H and O–H groups in total. The molecule has 32 heavy (non-hydrogen) atoms. The van der Waals surface area contributed by atoms with Crippen molar-refractivity contribution >= 4 is 11.4 Å². The molecule has 0 aliphatic rings. The third-order valence-electron chi connectivity index (χ3n) is 5.72. The van der Waals surface area contributed by atoms with Crippen molar-refractivity contribution in [3.8, 4) is 11.5 Å². The molecular weight excluding hydrogens is 396 g/mol. The van der Waals surface area contributed by atoms with Crippen LogP contribution >= 0.6 is 0 Å². The predicted molar refractivity (Wildman–Crippen MR) is 135 cm³/mol. The van der Waals surface area contributed by atoms with Gasteiger partial charge in [-0.2, -0.15) is 0 Å². The number of anilines is 2. The average molecular weight is 433 g/mol. The molecule has 0 unspecified atom stereocenters. The van der Waals surface area contributed by atoms with Gasteiger partial charge in [-0.1, -0.05) is 59.7 Å². The van der Waals surface area contributed by atoms with E-state index in [9.17, 15) is 10.2 Å². The van der Waals surface area contributed by atoms with Gasteiger partial charge in [-0.3, -0.25) is 0 Å². The Morgan fingerprint density at radius 3 is 1.38 bits per heavy atom. The Morgan fingerprint density at radius 1 is 0.594 bits per heavy atom. The monoisotopic (exact) mass is 432 g/mol. The van der Waals surface area contributed by atoms with Gasteiger partial charge in [0.1, 0.15) is 11.5 Å². The van der Waals surface area contributed by atoms with E-state index in [0.717, 1.165) is 22.5 Å². The third-order valence-corrected chi connectivity index (χ3v) is 5.72. The molecular formula is C28H36N2O2. The molecule has 0 spiro atoms. The number of hydrogen-bond donors (Lipinski definition) is 4. The van der Waals surface area contributed by atoms with Crippen LogP contribution in [0.15, 0.2) is 60.7 Å². The van der Waals surface area contributed by atoms with Gasteiger partial charge in [-0.05, 0) is 64.4 Å². The maximum atomic E-state index is 10.3. The van der Waals surface area contributed by atoms with E-state index in [2.05, 4.69) is 64.3 Å². The predicted octanol–water partition coefficient (Wildman–Crippen LogP) is 6.92. The summed E-state index contributed by atoms with van der Waals surface area (Å²) >= 11 is 0. The first kappa shape index (κ1) is 23.5. The third kappa shape index (κ3) is 5.97. The summed E-state index contributed by atoms with van der Waals surface area (Å²) in [4.78, 5) is 0. The van der Waals surface area contributed by atoms with E-state index in [1.807, 2.05) is 36.4 Å². The van der Waals surface area contributed by atoms with Crippen molar-refractivity contribution in [1.82, 2.24) is 0 Å². The zero-order valence-corrected chi connectivity index (χ0v) is 20.1. The minimum atomic E-state index is 0.0299. The molecule has 0 bridgehead atoms. The van der Waals surface area contributed by atoms with Crippen LogP contribution in [0, 0.1) is 0 Å². The van der Waals surface area contributed by atoms with Gasteiger partial charge in [-0.25, -0.2) is 0 Å². The fourth-order valence-electron chi connectivity index (χ4n) is 3.52. The molecule has 0 aromatic heterocycles. The Balaban J connectivity index is 1.68. The molecule has 0 radical (unpaired) electrons. The van der Waals surface area contributed by atoms with Crippen LogP contribution in [0.1, 0.15) is 63.8 Å². The molecule has 0 saturated heterocycles. The number of rotatable bonds is 6. The van der Waals surface area contributed by atoms with Crippen LogP contribution in [0.25, 0.3) is 0 Å². The molecule has 0 atom stereocenters. The Kier molecular flexibility index (Phi) is 6.73. The maximum Gasteiger partial charge on any atom is 0.120 e. The van der Waals surface area contributed by atoms with Crippen LogP contribution in [-0.4, -0.2) is 10.2 Å². The quantitative estimate of drug-likeness (QED) is 0.341. The summed E-state index contributed by atoms with van der Waals surface area (Å²) < 4.78 is 0. The molecule has 3 aromatic rings. The molecule has 0 saturated carbocycles. The molecule has 3 aromatic carbocycles. The van der Waals surface area contributed by atoms with Crippen molar-refractivity contribution in [3.05, 3.63) is 82.9 Å². The first-order valence-electron chi connectivity index (χ1n) is 11.2. The summed E-state index contributed by atoms with van der Waals surface area (Å²) in [6.45, 7) is 14.1. The molecule has 0 heterocycles. The number of aromatic hydroxyl groups is 2. The minimum Gasteiger partial charge on any atom is -0.508 e. The highest BCUT2D eigenvalue weighted by Gasteiger charge is 2.16. The van der Waals surface area contributed by atoms with Gasteiger partial charge < -0.3 is 20.8 Å². The summed E-state index contributed by atoms with van der Waals surface area (Å²) in [5.74, 6) is 0.600. The van der Waals surface area contributed by atoms with Gasteiger partial charge in [0, 0.05) is 35.6 Å². The van der Waals surface area contributed by atoms with E-state index in [1.165, 1.54) is 11.1 Å². The summed E-state index contributed by atoms with van der Waals surface area (Å²) in [5, 5.41) is 27.4. The standard InChI is InChI=1S/C28H36N2O2/c1-27(2,3)21-10-12-25(31)19(14-21)17-29-23-8-7-9-24(16-23)30-18-20-15-22(28(4,5)6)11-13-26(20)32/h7-16,29-32H,17-18H2,1-6H3. The Labute approximate surface area is 192 Å². The van der Waals surface area contributed by atoms with Crippen molar-refractivity contribution < 1.29 is 10.2 Å². The average Bonchev–Trinajstić information content (AvgIpc) is 2.71. The van der Waals surface area contributed by atoms with Gasteiger partial charge in [0.05, 0.1) is 0 Å². The highest BCUT2D eigenvalue weighted by molar-refractivity contribution is 5.57. The highest BCUT2D eigenvalue weighted by atomic mass is 16.3. The van der Waals surface area contributed by atoms with Crippen LogP contribution in [0.4, 0.5) is 11.4 Å². The lowest BCUT2D eigenvalue weighted by molar-refractivity contribution is 0.467. The molecule has 0 aliphatic heterocycles. The molecule has 4 nitrogen and oxygen atoms in total. The fraction of sp³-hybridized carbons (Fsp3) is 0.357. The highest BCUT2D eigenvalue weighted by Crippen LogP contribution is 2.29. The molecule has 0 amide bonds. The summed E-state index contributed by atoms with van der Waals surface area (Å²) in [5.41, 5.74) is 6.12. The molecule has 0 aliphatic carbocycles. The second kappa shape index (κ2) is 9.15. The van der Waals surface area contributed by atoms with Gasteiger partial charge in [-0.15, -0.1) is 0 Å². The Bertz CT molecular complexity index is 993. The van der Waals surface area contributed by atoms with E-state index in [4.69, 9.17) is 0 Å². The van der Waals surface area contributed by atoms with E-state index >= 15 is 0 Å². The second-order valence-corrected chi connectivity index (χ2v) is 10.5. The number of benzene rings is 3. The van der Waals surface area contributed by atoms with Crippen LogP contribution in [0.2, 0.25) is 0 Å². The number of phenolic OH excluding ortho intramolecular Hbond substituents is 2. The lowest BCUT2D eigenvalue weighted by Gasteiger charge is -2.21.